The van der Waals surface area contributed by atoms with Gasteiger partial charge in [-0.15, -0.1) is 0 Å². The summed E-state index contributed by atoms with van der Waals surface area (Å²) in [5.74, 6) is 0.192. The van der Waals surface area contributed by atoms with E-state index >= 15 is 0 Å². The lowest BCUT2D eigenvalue weighted by Crippen LogP contribution is -2.35. The molecule has 0 aliphatic carbocycles. The normalized spacial score (nSPS) is 17.0. The average molecular weight is 390 g/mol. The van der Waals surface area contributed by atoms with E-state index in [2.05, 4.69) is 24.6 Å². The van der Waals surface area contributed by atoms with Crippen molar-refractivity contribution in [3.8, 4) is 10.6 Å². The van der Waals surface area contributed by atoms with Crippen molar-refractivity contribution in [1.29, 1.82) is 0 Å². The molecule has 11 heteroatoms. The lowest BCUT2D eigenvalue weighted by Gasteiger charge is -2.30. The van der Waals surface area contributed by atoms with Crippen LogP contribution < -0.4 is 11.1 Å². The van der Waals surface area contributed by atoms with Crippen LogP contribution in [-0.2, 0) is 6.18 Å². The van der Waals surface area contributed by atoms with Crippen LogP contribution in [0.5, 0.6) is 0 Å². The zero-order valence-corrected chi connectivity index (χ0v) is 15.0. The number of halogens is 3. The van der Waals surface area contributed by atoms with Crippen molar-refractivity contribution >= 4 is 34.4 Å². The standard InChI is InChI=1S/C14H17F3N6S2/c1-24-23-4-2-8(3-5-23)21-13-20-6-9(14(15,16)17)11(22-13)10-7-19-12(18)25-10/h6-8H,2-5H2,1H3,(H2,18,19)(H,20,21,22). The third-order valence-corrected chi connectivity index (χ3v) is 5.61. The van der Waals surface area contributed by atoms with Gasteiger partial charge in [-0.2, -0.15) is 13.2 Å². The van der Waals surface area contributed by atoms with Crippen LogP contribution in [0.15, 0.2) is 12.4 Å². The number of rotatable bonds is 4. The van der Waals surface area contributed by atoms with E-state index in [9.17, 15) is 13.2 Å². The van der Waals surface area contributed by atoms with E-state index in [0.717, 1.165) is 43.5 Å². The highest BCUT2D eigenvalue weighted by Crippen LogP contribution is 2.38. The smallest absolute Gasteiger partial charge is 0.375 e. The van der Waals surface area contributed by atoms with E-state index in [1.54, 1.807) is 11.9 Å². The minimum Gasteiger partial charge on any atom is -0.375 e. The van der Waals surface area contributed by atoms with Gasteiger partial charge in [0.25, 0.3) is 0 Å². The van der Waals surface area contributed by atoms with Crippen molar-refractivity contribution in [3.05, 3.63) is 18.0 Å². The van der Waals surface area contributed by atoms with Crippen molar-refractivity contribution in [1.82, 2.24) is 19.3 Å². The molecule has 2 aromatic rings. The Morgan fingerprint density at radius 2 is 2.00 bits per heavy atom. The first-order valence-electron chi connectivity index (χ1n) is 7.58. The summed E-state index contributed by atoms with van der Waals surface area (Å²) in [5, 5.41) is 3.34. The second-order valence-electron chi connectivity index (χ2n) is 5.55. The Morgan fingerprint density at radius 1 is 1.28 bits per heavy atom. The first kappa shape index (κ1) is 18.2. The summed E-state index contributed by atoms with van der Waals surface area (Å²) in [7, 11) is 0. The van der Waals surface area contributed by atoms with Gasteiger partial charge in [-0.05, 0) is 19.1 Å². The van der Waals surface area contributed by atoms with Gasteiger partial charge in [-0.1, -0.05) is 23.3 Å². The molecule has 2 aromatic heterocycles. The molecule has 0 saturated carbocycles. The largest absolute Gasteiger partial charge is 0.420 e. The maximum Gasteiger partial charge on any atom is 0.420 e. The van der Waals surface area contributed by atoms with Gasteiger partial charge in [0.2, 0.25) is 5.95 Å². The summed E-state index contributed by atoms with van der Waals surface area (Å²) in [4.78, 5) is 12.1. The molecule has 6 nitrogen and oxygen atoms in total. The second kappa shape index (κ2) is 7.34. The van der Waals surface area contributed by atoms with E-state index in [1.807, 2.05) is 6.26 Å². The first-order valence-corrected chi connectivity index (χ1v) is 9.58. The molecule has 0 bridgehead atoms. The van der Waals surface area contributed by atoms with Gasteiger partial charge in [-0.3, -0.25) is 4.31 Å². The fourth-order valence-electron chi connectivity index (χ4n) is 2.61. The Bertz CT molecular complexity index is 728. The Labute approximate surface area is 151 Å². The molecule has 3 N–H and O–H groups in total. The number of nitrogens with one attached hydrogen (secondary N) is 1. The average Bonchev–Trinajstić information content (AvgIpc) is 3.01. The third kappa shape index (κ3) is 4.33. The number of thiazole rings is 1. The fourth-order valence-corrected chi connectivity index (χ4v) is 3.87. The number of aromatic nitrogens is 3. The monoisotopic (exact) mass is 390 g/mol. The van der Waals surface area contributed by atoms with Gasteiger partial charge >= 0.3 is 6.18 Å². The molecule has 3 rings (SSSR count). The lowest BCUT2D eigenvalue weighted by atomic mass is 10.1. The molecule has 25 heavy (non-hydrogen) atoms. The number of anilines is 2. The molecule has 0 spiro atoms. The first-order chi connectivity index (χ1) is 11.9. The van der Waals surface area contributed by atoms with Crippen molar-refractivity contribution in [3.63, 3.8) is 0 Å². The summed E-state index contributed by atoms with van der Waals surface area (Å²) >= 11 is 2.66. The topological polar surface area (TPSA) is 80.0 Å². The Balaban J connectivity index is 1.84. The summed E-state index contributed by atoms with van der Waals surface area (Å²) in [5.41, 5.74) is 4.47. The van der Waals surface area contributed by atoms with Crippen LogP contribution >= 0.6 is 23.3 Å². The molecule has 0 atom stereocenters. The third-order valence-electron chi connectivity index (χ3n) is 3.90. The predicted molar refractivity (Wildman–Crippen MR) is 94.3 cm³/mol. The van der Waals surface area contributed by atoms with E-state index in [1.165, 1.54) is 6.20 Å². The maximum absolute atomic E-state index is 13.3. The van der Waals surface area contributed by atoms with E-state index in [4.69, 9.17) is 5.73 Å². The van der Waals surface area contributed by atoms with Crippen molar-refractivity contribution < 1.29 is 13.2 Å². The number of piperidine rings is 1. The molecule has 136 valence electrons. The van der Waals surface area contributed by atoms with Crippen LogP contribution in [0, 0.1) is 0 Å². The zero-order valence-electron chi connectivity index (χ0n) is 13.4. The molecule has 0 amide bonds. The highest BCUT2D eigenvalue weighted by atomic mass is 32.2. The summed E-state index contributed by atoms with van der Waals surface area (Å²) in [6.07, 6.45) is 1.37. The van der Waals surface area contributed by atoms with Gasteiger partial charge in [0.1, 0.15) is 5.56 Å². The van der Waals surface area contributed by atoms with E-state index in [0.29, 0.717) is 0 Å². The van der Waals surface area contributed by atoms with Gasteiger partial charge in [0.05, 0.1) is 10.6 Å². The number of hydrogen-bond acceptors (Lipinski definition) is 8. The minimum atomic E-state index is -4.55. The summed E-state index contributed by atoms with van der Waals surface area (Å²) in [6, 6.07) is 0.138. The van der Waals surface area contributed by atoms with E-state index < -0.39 is 11.7 Å². The van der Waals surface area contributed by atoms with Crippen LogP contribution in [0.3, 0.4) is 0 Å². The number of nitrogens with zero attached hydrogens (tertiary/aromatic N) is 4. The Morgan fingerprint density at radius 3 is 2.56 bits per heavy atom. The van der Waals surface area contributed by atoms with Crippen molar-refractivity contribution in [2.75, 3.05) is 30.4 Å². The lowest BCUT2D eigenvalue weighted by molar-refractivity contribution is -0.137. The number of hydrogen-bond donors (Lipinski definition) is 2. The van der Waals surface area contributed by atoms with Gasteiger partial charge in [0, 0.05) is 31.5 Å². The minimum absolute atomic E-state index is 0.138. The Kier molecular flexibility index (Phi) is 5.35. The number of nitrogens with two attached hydrogens (primary N) is 1. The second-order valence-corrected chi connectivity index (χ2v) is 7.49. The highest BCUT2D eigenvalue weighted by Gasteiger charge is 2.36. The fraction of sp³-hybridized carbons (Fsp3) is 0.500. The quantitative estimate of drug-likeness (QED) is 0.775. The van der Waals surface area contributed by atoms with Crippen LogP contribution in [0.25, 0.3) is 10.6 Å². The Hall–Kier alpha value is -1.59. The number of nitrogen functional groups attached to an aromatic ring is 1. The van der Waals surface area contributed by atoms with Crippen LogP contribution in [0.1, 0.15) is 18.4 Å². The number of alkyl halides is 3. The van der Waals surface area contributed by atoms with Gasteiger partial charge < -0.3 is 11.1 Å². The molecule has 1 aliphatic rings. The summed E-state index contributed by atoms with van der Waals surface area (Å²) < 4.78 is 42.0. The van der Waals surface area contributed by atoms with Crippen molar-refractivity contribution in [2.24, 2.45) is 0 Å². The van der Waals surface area contributed by atoms with Crippen LogP contribution in [-0.4, -0.2) is 44.6 Å². The molecule has 0 unspecified atom stereocenters. The van der Waals surface area contributed by atoms with E-state index in [-0.39, 0.29) is 27.7 Å². The van der Waals surface area contributed by atoms with Gasteiger partial charge in [-0.25, -0.2) is 15.0 Å². The molecule has 3 heterocycles. The molecule has 1 saturated heterocycles. The molecule has 0 radical (unpaired) electrons. The molecule has 1 aliphatic heterocycles. The van der Waals surface area contributed by atoms with Crippen molar-refractivity contribution in [2.45, 2.75) is 25.1 Å². The highest BCUT2D eigenvalue weighted by molar-refractivity contribution is 7.96. The SMILES string of the molecule is CSN1CCC(Nc2ncc(C(F)(F)F)c(-c3cnc(N)s3)n2)CC1. The molecule has 1 fully saturated rings. The molecular weight excluding hydrogens is 373 g/mol. The maximum atomic E-state index is 13.3. The van der Waals surface area contributed by atoms with Crippen LogP contribution in [0.2, 0.25) is 0 Å². The predicted octanol–water partition coefficient (Wildman–Crippen LogP) is 3.36. The van der Waals surface area contributed by atoms with Gasteiger partial charge in [0.15, 0.2) is 5.13 Å². The summed E-state index contributed by atoms with van der Waals surface area (Å²) in [6.45, 7) is 1.83. The molecule has 0 aromatic carbocycles. The zero-order chi connectivity index (χ0) is 18.0. The molecular formula is C14H17F3N6S2. The van der Waals surface area contributed by atoms with Crippen LogP contribution in [0.4, 0.5) is 24.3 Å².